The van der Waals surface area contributed by atoms with Gasteiger partial charge in [-0.25, -0.2) is 4.79 Å². The molecule has 2 unspecified atom stereocenters. The van der Waals surface area contributed by atoms with E-state index in [1.165, 1.54) is 6.42 Å². The molecule has 1 saturated carbocycles. The van der Waals surface area contributed by atoms with Gasteiger partial charge in [0.05, 0.1) is 11.0 Å². The summed E-state index contributed by atoms with van der Waals surface area (Å²) in [5.41, 5.74) is 8.73. The molecule has 0 radical (unpaired) electrons. The van der Waals surface area contributed by atoms with Gasteiger partial charge in [0.25, 0.3) is 0 Å². The predicted molar refractivity (Wildman–Crippen MR) is 71.4 cm³/mol. The van der Waals surface area contributed by atoms with Crippen molar-refractivity contribution in [3.63, 3.8) is 0 Å². The molecule has 2 atom stereocenters. The van der Waals surface area contributed by atoms with E-state index in [0.29, 0.717) is 6.04 Å². The van der Waals surface area contributed by atoms with E-state index in [1.54, 1.807) is 0 Å². The topological polar surface area (TPSA) is 86.7 Å². The van der Waals surface area contributed by atoms with Crippen molar-refractivity contribution in [3.05, 3.63) is 34.2 Å². The first-order valence-electron chi connectivity index (χ1n) is 6.42. The van der Waals surface area contributed by atoms with Crippen molar-refractivity contribution in [2.45, 2.75) is 37.9 Å². The van der Waals surface area contributed by atoms with E-state index in [9.17, 15) is 4.79 Å². The Balaban J connectivity index is 1.72. The van der Waals surface area contributed by atoms with E-state index in [1.807, 2.05) is 18.2 Å². The maximum atomic E-state index is 11.2. The van der Waals surface area contributed by atoms with Crippen LogP contribution in [0.1, 0.15) is 24.8 Å². The van der Waals surface area contributed by atoms with E-state index in [4.69, 9.17) is 5.73 Å². The van der Waals surface area contributed by atoms with Gasteiger partial charge in [0.2, 0.25) is 0 Å². The summed E-state index contributed by atoms with van der Waals surface area (Å²) >= 11 is 0. The number of aromatic amines is 2. The SMILES string of the molecule is NC1CCCC1NCc1ccc2[nH]c(=O)[nH]c2c1. The number of nitrogens with one attached hydrogen (secondary N) is 3. The molecule has 96 valence electrons. The fourth-order valence-electron chi connectivity index (χ4n) is 2.68. The van der Waals surface area contributed by atoms with Crippen LogP contribution in [0.5, 0.6) is 0 Å². The van der Waals surface area contributed by atoms with Gasteiger partial charge in [0.1, 0.15) is 0 Å². The highest BCUT2D eigenvalue weighted by Gasteiger charge is 2.22. The highest BCUT2D eigenvalue weighted by atomic mass is 16.1. The summed E-state index contributed by atoms with van der Waals surface area (Å²) in [6.45, 7) is 0.793. The number of aromatic nitrogens is 2. The number of hydrogen-bond donors (Lipinski definition) is 4. The number of benzene rings is 1. The normalized spacial score (nSPS) is 23.8. The zero-order valence-corrected chi connectivity index (χ0v) is 10.2. The largest absolute Gasteiger partial charge is 0.326 e. The van der Waals surface area contributed by atoms with Gasteiger partial charge in [-0.05, 0) is 30.5 Å². The smallest absolute Gasteiger partial charge is 0.323 e. The van der Waals surface area contributed by atoms with Crippen LogP contribution in [0, 0.1) is 0 Å². The molecular formula is C13H18N4O. The average Bonchev–Trinajstić information content (AvgIpc) is 2.90. The van der Waals surface area contributed by atoms with Crippen LogP contribution in [0.25, 0.3) is 11.0 Å². The molecule has 1 aromatic carbocycles. The van der Waals surface area contributed by atoms with Gasteiger partial charge in [-0.2, -0.15) is 0 Å². The monoisotopic (exact) mass is 246 g/mol. The fraction of sp³-hybridized carbons (Fsp3) is 0.462. The Labute approximate surface area is 105 Å². The second kappa shape index (κ2) is 4.59. The van der Waals surface area contributed by atoms with Crippen LogP contribution in [0.3, 0.4) is 0 Å². The minimum Gasteiger partial charge on any atom is -0.326 e. The summed E-state index contributed by atoms with van der Waals surface area (Å²) in [5.74, 6) is 0. The molecule has 5 nitrogen and oxygen atoms in total. The first-order valence-corrected chi connectivity index (χ1v) is 6.42. The molecule has 1 aromatic heterocycles. The Morgan fingerprint density at radius 1 is 1.28 bits per heavy atom. The van der Waals surface area contributed by atoms with E-state index < -0.39 is 0 Å². The summed E-state index contributed by atoms with van der Waals surface area (Å²) in [6.07, 6.45) is 3.48. The molecule has 2 aromatic rings. The number of rotatable bonds is 3. The van der Waals surface area contributed by atoms with Gasteiger partial charge in [-0.15, -0.1) is 0 Å². The van der Waals surface area contributed by atoms with Crippen molar-refractivity contribution >= 4 is 11.0 Å². The van der Waals surface area contributed by atoms with Crippen LogP contribution in [0.15, 0.2) is 23.0 Å². The van der Waals surface area contributed by atoms with Crippen LogP contribution in [0.4, 0.5) is 0 Å². The summed E-state index contributed by atoms with van der Waals surface area (Å²) in [6, 6.07) is 6.66. The minimum absolute atomic E-state index is 0.159. The average molecular weight is 246 g/mol. The molecule has 0 bridgehead atoms. The number of nitrogens with two attached hydrogens (primary N) is 1. The molecule has 5 N–H and O–H groups in total. The minimum atomic E-state index is -0.159. The molecule has 0 amide bonds. The molecule has 1 aliphatic carbocycles. The zero-order valence-electron chi connectivity index (χ0n) is 10.2. The van der Waals surface area contributed by atoms with Crippen LogP contribution in [-0.2, 0) is 6.54 Å². The lowest BCUT2D eigenvalue weighted by Crippen LogP contribution is -2.40. The first kappa shape index (κ1) is 11.5. The van der Waals surface area contributed by atoms with E-state index >= 15 is 0 Å². The van der Waals surface area contributed by atoms with E-state index in [0.717, 1.165) is 36.0 Å². The molecule has 5 heteroatoms. The lowest BCUT2D eigenvalue weighted by Gasteiger charge is -2.17. The van der Waals surface area contributed by atoms with Gasteiger partial charge in [-0.3, -0.25) is 0 Å². The molecule has 1 heterocycles. The van der Waals surface area contributed by atoms with Gasteiger partial charge in [0.15, 0.2) is 0 Å². The third-order valence-corrected chi connectivity index (χ3v) is 3.72. The summed E-state index contributed by atoms with van der Waals surface area (Å²) < 4.78 is 0. The fourth-order valence-corrected chi connectivity index (χ4v) is 2.68. The van der Waals surface area contributed by atoms with Crippen LogP contribution >= 0.6 is 0 Å². The third kappa shape index (κ3) is 2.19. The number of fused-ring (bicyclic) bond motifs is 1. The van der Waals surface area contributed by atoms with Crippen molar-refractivity contribution in [2.75, 3.05) is 0 Å². The number of hydrogen-bond acceptors (Lipinski definition) is 3. The molecule has 18 heavy (non-hydrogen) atoms. The van der Waals surface area contributed by atoms with Crippen molar-refractivity contribution in [2.24, 2.45) is 5.73 Å². The van der Waals surface area contributed by atoms with E-state index in [2.05, 4.69) is 15.3 Å². The number of imidazole rings is 1. The molecule has 1 aliphatic rings. The van der Waals surface area contributed by atoms with Crippen molar-refractivity contribution < 1.29 is 0 Å². The lowest BCUT2D eigenvalue weighted by atomic mass is 10.1. The van der Waals surface area contributed by atoms with Gasteiger partial charge >= 0.3 is 5.69 Å². The Kier molecular flexibility index (Phi) is 2.93. The molecule has 0 aliphatic heterocycles. The van der Waals surface area contributed by atoms with Crippen LogP contribution < -0.4 is 16.7 Å². The van der Waals surface area contributed by atoms with Crippen LogP contribution in [-0.4, -0.2) is 22.1 Å². The molecular weight excluding hydrogens is 228 g/mol. The van der Waals surface area contributed by atoms with Crippen molar-refractivity contribution in [1.29, 1.82) is 0 Å². The quantitative estimate of drug-likeness (QED) is 0.647. The molecule has 1 fully saturated rings. The highest BCUT2D eigenvalue weighted by molar-refractivity contribution is 5.74. The number of H-pyrrole nitrogens is 2. The van der Waals surface area contributed by atoms with Crippen molar-refractivity contribution in [1.82, 2.24) is 15.3 Å². The summed E-state index contributed by atoms with van der Waals surface area (Å²) in [5, 5.41) is 3.49. The summed E-state index contributed by atoms with van der Waals surface area (Å²) in [7, 11) is 0. The summed E-state index contributed by atoms with van der Waals surface area (Å²) in [4.78, 5) is 16.7. The second-order valence-electron chi connectivity index (χ2n) is 5.04. The van der Waals surface area contributed by atoms with E-state index in [-0.39, 0.29) is 11.7 Å². The van der Waals surface area contributed by atoms with Gasteiger partial charge in [-0.1, -0.05) is 12.5 Å². The van der Waals surface area contributed by atoms with Crippen LogP contribution in [0.2, 0.25) is 0 Å². The zero-order chi connectivity index (χ0) is 12.5. The Morgan fingerprint density at radius 3 is 2.89 bits per heavy atom. The lowest BCUT2D eigenvalue weighted by molar-refractivity contribution is 0.475. The predicted octanol–water partition coefficient (Wildman–Crippen LogP) is 0.826. The standard InChI is InChI=1S/C13H18N4O/c14-9-2-1-3-10(9)15-7-8-4-5-11-12(6-8)17-13(18)16-11/h4-6,9-10,15H,1-3,7,14H2,(H2,16,17,18). The Hall–Kier alpha value is -1.59. The molecule has 0 spiro atoms. The Morgan fingerprint density at radius 2 is 2.11 bits per heavy atom. The highest BCUT2D eigenvalue weighted by Crippen LogP contribution is 2.18. The molecule has 0 saturated heterocycles. The first-order chi connectivity index (χ1) is 8.72. The maximum absolute atomic E-state index is 11.2. The molecule has 3 rings (SSSR count). The van der Waals surface area contributed by atoms with Crippen molar-refractivity contribution in [3.8, 4) is 0 Å². The third-order valence-electron chi connectivity index (χ3n) is 3.72. The second-order valence-corrected chi connectivity index (χ2v) is 5.04. The van der Waals surface area contributed by atoms with Gasteiger partial charge < -0.3 is 21.0 Å². The van der Waals surface area contributed by atoms with Gasteiger partial charge in [0, 0.05) is 18.6 Å². The maximum Gasteiger partial charge on any atom is 0.323 e. The Bertz CT molecular complexity index is 600.